The van der Waals surface area contributed by atoms with Gasteiger partial charge in [-0.3, -0.25) is 0 Å². The van der Waals surface area contributed by atoms with Crippen molar-refractivity contribution in [3.63, 3.8) is 0 Å². The van der Waals surface area contributed by atoms with Crippen LogP contribution in [0.1, 0.15) is 38.5 Å². The summed E-state index contributed by atoms with van der Waals surface area (Å²) in [6, 6.07) is 0.801. The second kappa shape index (κ2) is 6.58. The monoisotopic (exact) mass is 226 g/mol. The predicted octanol–water partition coefficient (Wildman–Crippen LogP) is 1.63. The minimum atomic E-state index is 0.493. The molecular weight excluding hydrogens is 200 g/mol. The minimum absolute atomic E-state index is 0.493. The number of methoxy groups -OCH3 is 1. The van der Waals surface area contributed by atoms with Gasteiger partial charge in [0.25, 0.3) is 0 Å². The Labute approximate surface area is 99.5 Å². The van der Waals surface area contributed by atoms with Gasteiger partial charge in [0.2, 0.25) is 0 Å². The third kappa shape index (κ3) is 3.72. The fraction of sp³-hybridized carbons (Fsp3) is 1.00. The topological polar surface area (TPSA) is 24.5 Å². The van der Waals surface area contributed by atoms with Crippen LogP contribution in [0.5, 0.6) is 0 Å². The lowest BCUT2D eigenvalue weighted by Gasteiger charge is -2.24. The molecule has 2 heterocycles. The molecule has 2 atom stereocenters. The molecule has 0 bridgehead atoms. The van der Waals surface area contributed by atoms with Gasteiger partial charge in [-0.05, 0) is 45.2 Å². The maximum atomic E-state index is 5.38. The Balaban J connectivity index is 1.54. The maximum absolute atomic E-state index is 5.38. The van der Waals surface area contributed by atoms with Crippen molar-refractivity contribution in [3.05, 3.63) is 0 Å². The van der Waals surface area contributed by atoms with Gasteiger partial charge in [-0.25, -0.2) is 0 Å². The smallest absolute Gasteiger partial charge is 0.0710 e. The molecular formula is C13H26N2O. The highest BCUT2D eigenvalue weighted by Crippen LogP contribution is 2.15. The third-order valence-electron chi connectivity index (χ3n) is 4.00. The van der Waals surface area contributed by atoms with Crippen LogP contribution in [-0.4, -0.2) is 50.3 Å². The molecule has 16 heavy (non-hydrogen) atoms. The summed E-state index contributed by atoms with van der Waals surface area (Å²) in [7, 11) is 1.83. The Kier molecular flexibility index (Phi) is 5.07. The Hall–Kier alpha value is -0.120. The lowest BCUT2D eigenvalue weighted by atomic mass is 10.0. The number of nitrogens with zero attached hydrogens (tertiary/aromatic N) is 1. The number of piperidine rings is 1. The lowest BCUT2D eigenvalue weighted by molar-refractivity contribution is 0.108. The van der Waals surface area contributed by atoms with Crippen LogP contribution in [0, 0.1) is 0 Å². The van der Waals surface area contributed by atoms with E-state index >= 15 is 0 Å². The van der Waals surface area contributed by atoms with Gasteiger partial charge in [0.05, 0.1) is 6.10 Å². The molecule has 3 heteroatoms. The molecule has 0 amide bonds. The highest BCUT2D eigenvalue weighted by atomic mass is 16.5. The molecule has 0 aromatic rings. The first kappa shape index (κ1) is 12.3. The summed E-state index contributed by atoms with van der Waals surface area (Å²) in [5, 5.41) is 3.62. The summed E-state index contributed by atoms with van der Waals surface area (Å²) >= 11 is 0. The van der Waals surface area contributed by atoms with Crippen LogP contribution in [-0.2, 0) is 4.74 Å². The van der Waals surface area contributed by atoms with Crippen molar-refractivity contribution in [2.45, 2.75) is 50.7 Å². The van der Waals surface area contributed by atoms with Crippen LogP contribution in [0.4, 0.5) is 0 Å². The number of hydrogen-bond acceptors (Lipinski definition) is 3. The van der Waals surface area contributed by atoms with E-state index in [-0.39, 0.29) is 0 Å². The summed E-state index contributed by atoms with van der Waals surface area (Å²) in [5.74, 6) is 0. The fourth-order valence-corrected chi connectivity index (χ4v) is 2.92. The van der Waals surface area contributed by atoms with E-state index < -0.39 is 0 Å². The summed E-state index contributed by atoms with van der Waals surface area (Å²) in [6.45, 7) is 4.88. The minimum Gasteiger partial charge on any atom is -0.380 e. The van der Waals surface area contributed by atoms with Gasteiger partial charge in [0, 0.05) is 26.2 Å². The van der Waals surface area contributed by atoms with E-state index in [0.29, 0.717) is 6.10 Å². The highest BCUT2D eigenvalue weighted by Gasteiger charge is 2.21. The van der Waals surface area contributed by atoms with E-state index in [1.807, 2.05) is 7.11 Å². The van der Waals surface area contributed by atoms with Crippen LogP contribution in [0.2, 0.25) is 0 Å². The van der Waals surface area contributed by atoms with Crippen molar-refractivity contribution in [1.82, 2.24) is 10.2 Å². The largest absolute Gasteiger partial charge is 0.380 e. The molecule has 1 N–H and O–H groups in total. The summed E-state index contributed by atoms with van der Waals surface area (Å²) in [4.78, 5) is 2.55. The van der Waals surface area contributed by atoms with Crippen molar-refractivity contribution >= 4 is 0 Å². The van der Waals surface area contributed by atoms with E-state index in [4.69, 9.17) is 4.74 Å². The van der Waals surface area contributed by atoms with Gasteiger partial charge in [0.15, 0.2) is 0 Å². The molecule has 2 aliphatic heterocycles. The molecule has 0 aromatic carbocycles. The van der Waals surface area contributed by atoms with Gasteiger partial charge < -0.3 is 15.0 Å². The predicted molar refractivity (Wildman–Crippen MR) is 66.7 cm³/mol. The molecule has 0 aliphatic carbocycles. The summed E-state index contributed by atoms with van der Waals surface area (Å²) < 4.78 is 5.38. The second-order valence-corrected chi connectivity index (χ2v) is 5.24. The van der Waals surface area contributed by atoms with E-state index in [1.54, 1.807) is 0 Å². The molecule has 0 spiro atoms. The van der Waals surface area contributed by atoms with Gasteiger partial charge in [-0.1, -0.05) is 6.42 Å². The molecule has 0 aromatic heterocycles. The quantitative estimate of drug-likeness (QED) is 0.771. The zero-order chi connectivity index (χ0) is 11.2. The molecule has 2 fully saturated rings. The molecule has 2 aliphatic rings. The molecule has 94 valence electrons. The first-order valence-corrected chi connectivity index (χ1v) is 6.87. The maximum Gasteiger partial charge on any atom is 0.0710 e. The van der Waals surface area contributed by atoms with E-state index in [9.17, 15) is 0 Å². The molecule has 2 rings (SSSR count). The zero-order valence-corrected chi connectivity index (χ0v) is 10.6. The average Bonchev–Trinajstić information content (AvgIpc) is 2.78. The van der Waals surface area contributed by atoms with Crippen molar-refractivity contribution < 1.29 is 4.74 Å². The van der Waals surface area contributed by atoms with Crippen molar-refractivity contribution in [2.75, 3.05) is 33.3 Å². The molecule has 2 saturated heterocycles. The molecule has 3 nitrogen and oxygen atoms in total. The van der Waals surface area contributed by atoms with Crippen LogP contribution >= 0.6 is 0 Å². The highest BCUT2D eigenvalue weighted by molar-refractivity contribution is 4.77. The number of ether oxygens (including phenoxy) is 1. The second-order valence-electron chi connectivity index (χ2n) is 5.24. The molecule has 0 saturated carbocycles. The third-order valence-corrected chi connectivity index (χ3v) is 4.00. The van der Waals surface area contributed by atoms with Crippen LogP contribution in [0.3, 0.4) is 0 Å². The van der Waals surface area contributed by atoms with E-state index in [2.05, 4.69) is 10.2 Å². The lowest BCUT2D eigenvalue weighted by Crippen LogP contribution is -2.34. The molecule has 0 radical (unpaired) electrons. The van der Waals surface area contributed by atoms with Gasteiger partial charge >= 0.3 is 0 Å². The van der Waals surface area contributed by atoms with Crippen molar-refractivity contribution in [2.24, 2.45) is 0 Å². The average molecular weight is 226 g/mol. The van der Waals surface area contributed by atoms with Gasteiger partial charge in [-0.15, -0.1) is 0 Å². The Bertz CT molecular complexity index is 192. The van der Waals surface area contributed by atoms with Crippen LogP contribution < -0.4 is 5.32 Å². The summed E-state index contributed by atoms with van der Waals surface area (Å²) in [5.41, 5.74) is 0. The van der Waals surface area contributed by atoms with Gasteiger partial charge in [-0.2, -0.15) is 0 Å². The van der Waals surface area contributed by atoms with E-state index in [0.717, 1.165) is 12.6 Å². The number of nitrogens with one attached hydrogen (secondary N) is 1. The number of likely N-dealkylation sites (tertiary alicyclic amines) is 1. The Morgan fingerprint density at radius 1 is 1.31 bits per heavy atom. The van der Waals surface area contributed by atoms with Crippen LogP contribution in [0.25, 0.3) is 0 Å². The SMILES string of the molecule is COC1CCN(CCCC2CCCCN2)C1. The molecule has 2 unspecified atom stereocenters. The Morgan fingerprint density at radius 2 is 2.25 bits per heavy atom. The fourth-order valence-electron chi connectivity index (χ4n) is 2.92. The van der Waals surface area contributed by atoms with Crippen LogP contribution in [0.15, 0.2) is 0 Å². The summed E-state index contributed by atoms with van der Waals surface area (Å²) in [6.07, 6.45) is 8.60. The van der Waals surface area contributed by atoms with Crippen molar-refractivity contribution in [1.29, 1.82) is 0 Å². The number of hydrogen-bond donors (Lipinski definition) is 1. The first-order valence-electron chi connectivity index (χ1n) is 6.87. The standard InChI is InChI=1S/C13H26N2O/c1-16-13-7-10-15(11-13)9-4-6-12-5-2-3-8-14-12/h12-14H,2-11H2,1H3. The first-order chi connectivity index (χ1) is 7.88. The van der Waals surface area contributed by atoms with Crippen molar-refractivity contribution in [3.8, 4) is 0 Å². The zero-order valence-electron chi connectivity index (χ0n) is 10.6. The number of rotatable bonds is 5. The van der Waals surface area contributed by atoms with Gasteiger partial charge in [0.1, 0.15) is 0 Å². The normalized spacial score (nSPS) is 32.1. The van der Waals surface area contributed by atoms with E-state index in [1.165, 1.54) is 58.2 Å². The Morgan fingerprint density at radius 3 is 2.94 bits per heavy atom.